The van der Waals surface area contributed by atoms with E-state index in [9.17, 15) is 9.59 Å². The quantitative estimate of drug-likeness (QED) is 0.627. The number of nitrogens with zero attached hydrogens (tertiary/aromatic N) is 3. The lowest BCUT2D eigenvalue weighted by Gasteiger charge is -2.22. The van der Waals surface area contributed by atoms with Crippen molar-refractivity contribution < 1.29 is 14.3 Å². The number of aromatic amines is 1. The summed E-state index contributed by atoms with van der Waals surface area (Å²) < 4.78 is 12.4. The zero-order chi connectivity index (χ0) is 20.2. The third-order valence-electron chi connectivity index (χ3n) is 5.28. The number of hydrogen-bond donors (Lipinski definition) is 1. The number of H-pyrrole nitrogens is 1. The molecule has 29 heavy (non-hydrogen) atoms. The smallest absolute Gasteiger partial charge is 0.344 e. The molecular formula is C20H26N4O4S. The molecule has 1 N–H and O–H groups in total. The number of aromatic nitrogens is 3. The zero-order valence-corrected chi connectivity index (χ0v) is 17.3. The minimum absolute atomic E-state index is 0.0402. The fourth-order valence-corrected chi connectivity index (χ4v) is 4.35. The maximum Gasteiger partial charge on any atom is 0.344 e. The van der Waals surface area contributed by atoms with Crippen LogP contribution in [-0.2, 0) is 22.6 Å². The van der Waals surface area contributed by atoms with Crippen LogP contribution in [0.5, 0.6) is 5.75 Å². The molecule has 2 fully saturated rings. The lowest BCUT2D eigenvalue weighted by atomic mass is 10.2. The molecule has 4 rings (SSSR count). The van der Waals surface area contributed by atoms with Gasteiger partial charge in [-0.15, -0.1) is 5.10 Å². The molecule has 156 valence electrons. The molecule has 1 atom stereocenters. The third kappa shape index (κ3) is 5.02. The summed E-state index contributed by atoms with van der Waals surface area (Å²) in [4.78, 5) is 26.9. The number of benzene rings is 1. The van der Waals surface area contributed by atoms with Gasteiger partial charge in [0.1, 0.15) is 5.75 Å². The average Bonchev–Trinajstić information content (AvgIpc) is 3.34. The Balaban J connectivity index is 1.38. The fraction of sp³-hybridized carbons (Fsp3) is 0.550. The van der Waals surface area contributed by atoms with Crippen LogP contribution in [-0.4, -0.2) is 57.2 Å². The lowest BCUT2D eigenvalue weighted by Crippen LogP contribution is -2.34. The molecule has 0 bridgehead atoms. The van der Waals surface area contributed by atoms with Gasteiger partial charge in [0.25, 0.3) is 0 Å². The van der Waals surface area contributed by atoms with E-state index in [0.717, 1.165) is 43.6 Å². The van der Waals surface area contributed by atoms with Crippen LogP contribution in [0, 0.1) is 0 Å². The molecular weight excluding hydrogens is 392 g/mol. The third-order valence-corrected chi connectivity index (χ3v) is 6.24. The topological polar surface area (TPSA) is 89.5 Å². The van der Waals surface area contributed by atoms with Crippen LogP contribution in [0.2, 0.25) is 0 Å². The molecule has 1 aliphatic carbocycles. The Labute approximate surface area is 173 Å². The predicted molar refractivity (Wildman–Crippen MR) is 109 cm³/mol. The molecule has 9 heteroatoms. The zero-order valence-electron chi connectivity index (χ0n) is 16.5. The number of nitrogens with one attached hydrogen (secondary N) is 1. The van der Waals surface area contributed by atoms with Gasteiger partial charge in [0, 0.05) is 19.2 Å². The van der Waals surface area contributed by atoms with Crippen LogP contribution < -0.4 is 10.4 Å². The molecule has 1 unspecified atom stereocenters. The van der Waals surface area contributed by atoms with Gasteiger partial charge in [-0.2, -0.15) is 0 Å². The van der Waals surface area contributed by atoms with Crippen LogP contribution in [0.4, 0.5) is 0 Å². The summed E-state index contributed by atoms with van der Waals surface area (Å²) in [5.41, 5.74) is 0.818. The minimum Gasteiger partial charge on any atom is -0.497 e. The van der Waals surface area contributed by atoms with Gasteiger partial charge in [-0.05, 0) is 43.4 Å². The Hall–Kier alpha value is -2.26. The van der Waals surface area contributed by atoms with E-state index in [1.165, 1.54) is 11.8 Å². The van der Waals surface area contributed by atoms with Crippen molar-refractivity contribution in [2.75, 3.05) is 19.5 Å². The van der Waals surface area contributed by atoms with Gasteiger partial charge in [-0.3, -0.25) is 9.36 Å². The van der Waals surface area contributed by atoms with Crippen molar-refractivity contribution in [2.45, 2.75) is 56.1 Å². The van der Waals surface area contributed by atoms with Gasteiger partial charge in [0.05, 0.1) is 25.5 Å². The van der Waals surface area contributed by atoms with Crippen LogP contribution >= 0.6 is 11.8 Å². The first kappa shape index (κ1) is 20.0. The van der Waals surface area contributed by atoms with Crippen molar-refractivity contribution in [2.24, 2.45) is 0 Å². The standard InChI is InChI=1S/C20H26N4O4S/c1-27-16-8-4-14(5-9-16)11-23(15-6-7-15)18(25)13-29-20-22-21-19(26)24(20)12-17-3-2-10-28-17/h4-5,8-9,15,17H,2-3,6-7,10-13H2,1H3,(H,21,26). The van der Waals surface area contributed by atoms with E-state index in [-0.39, 0.29) is 23.5 Å². The van der Waals surface area contributed by atoms with Crippen molar-refractivity contribution in [3.63, 3.8) is 0 Å². The molecule has 2 heterocycles. The second-order valence-electron chi connectivity index (χ2n) is 7.45. The number of ether oxygens (including phenoxy) is 2. The summed E-state index contributed by atoms with van der Waals surface area (Å²) >= 11 is 1.30. The van der Waals surface area contributed by atoms with Gasteiger partial charge < -0.3 is 14.4 Å². The normalized spacial score (nSPS) is 18.7. The Morgan fingerprint density at radius 1 is 1.34 bits per heavy atom. The molecule has 0 radical (unpaired) electrons. The van der Waals surface area contributed by atoms with Crippen molar-refractivity contribution in [3.8, 4) is 5.75 Å². The van der Waals surface area contributed by atoms with Crippen LogP contribution in [0.15, 0.2) is 34.2 Å². The highest BCUT2D eigenvalue weighted by molar-refractivity contribution is 7.99. The number of rotatable bonds is 9. The second-order valence-corrected chi connectivity index (χ2v) is 8.39. The number of thioether (sulfide) groups is 1. The highest BCUT2D eigenvalue weighted by Gasteiger charge is 2.32. The predicted octanol–water partition coefficient (Wildman–Crippen LogP) is 2.04. The molecule has 1 aromatic heterocycles. The molecule has 1 aromatic carbocycles. The Morgan fingerprint density at radius 3 is 2.79 bits per heavy atom. The molecule has 2 aromatic rings. The van der Waals surface area contributed by atoms with E-state index < -0.39 is 0 Å². The maximum atomic E-state index is 12.9. The van der Waals surface area contributed by atoms with Gasteiger partial charge in [0.2, 0.25) is 5.91 Å². The van der Waals surface area contributed by atoms with E-state index in [0.29, 0.717) is 24.3 Å². The van der Waals surface area contributed by atoms with Gasteiger partial charge in [0.15, 0.2) is 5.16 Å². The number of amides is 1. The fourth-order valence-electron chi connectivity index (χ4n) is 3.51. The van der Waals surface area contributed by atoms with Crippen molar-refractivity contribution in [1.82, 2.24) is 19.7 Å². The summed E-state index contributed by atoms with van der Waals surface area (Å²) in [5, 5.41) is 7.14. The van der Waals surface area contributed by atoms with Gasteiger partial charge >= 0.3 is 5.69 Å². The van der Waals surface area contributed by atoms with Crippen LogP contribution in [0.25, 0.3) is 0 Å². The highest BCUT2D eigenvalue weighted by atomic mass is 32.2. The van der Waals surface area contributed by atoms with Crippen LogP contribution in [0.3, 0.4) is 0 Å². The number of hydrogen-bond acceptors (Lipinski definition) is 6. The minimum atomic E-state index is -0.257. The van der Waals surface area contributed by atoms with E-state index in [2.05, 4.69) is 10.2 Å². The Kier molecular flexibility index (Phi) is 6.25. The molecule has 8 nitrogen and oxygen atoms in total. The molecule has 1 saturated carbocycles. The van der Waals surface area contributed by atoms with Crippen molar-refractivity contribution in [1.29, 1.82) is 0 Å². The first-order chi connectivity index (χ1) is 14.1. The van der Waals surface area contributed by atoms with Crippen molar-refractivity contribution >= 4 is 17.7 Å². The van der Waals surface area contributed by atoms with E-state index in [4.69, 9.17) is 9.47 Å². The summed E-state index contributed by atoms with van der Waals surface area (Å²) in [7, 11) is 1.64. The summed E-state index contributed by atoms with van der Waals surface area (Å²) in [5.74, 6) is 1.12. The number of methoxy groups -OCH3 is 1. The molecule has 1 saturated heterocycles. The Morgan fingerprint density at radius 2 is 2.14 bits per heavy atom. The van der Waals surface area contributed by atoms with E-state index in [1.807, 2.05) is 29.2 Å². The highest BCUT2D eigenvalue weighted by Crippen LogP contribution is 2.30. The first-order valence-electron chi connectivity index (χ1n) is 9.96. The summed E-state index contributed by atoms with van der Waals surface area (Å²) in [6.07, 6.45) is 4.08. The maximum absolute atomic E-state index is 12.9. The van der Waals surface area contributed by atoms with Crippen LogP contribution in [0.1, 0.15) is 31.2 Å². The molecule has 2 aliphatic rings. The number of carbonyl (C=O) groups is 1. The van der Waals surface area contributed by atoms with E-state index >= 15 is 0 Å². The largest absolute Gasteiger partial charge is 0.497 e. The summed E-state index contributed by atoms with van der Waals surface area (Å²) in [6, 6.07) is 8.10. The summed E-state index contributed by atoms with van der Waals surface area (Å²) in [6.45, 7) is 1.79. The first-order valence-corrected chi connectivity index (χ1v) is 10.9. The SMILES string of the molecule is COc1ccc(CN(C(=O)CSc2n[nH]c(=O)n2CC2CCCO2)C2CC2)cc1. The monoisotopic (exact) mass is 418 g/mol. The number of carbonyl (C=O) groups excluding carboxylic acids is 1. The van der Waals surface area contributed by atoms with Crippen molar-refractivity contribution in [3.05, 3.63) is 40.3 Å². The lowest BCUT2D eigenvalue weighted by molar-refractivity contribution is -0.129. The second kappa shape index (κ2) is 9.04. The van der Waals surface area contributed by atoms with E-state index in [1.54, 1.807) is 11.7 Å². The van der Waals surface area contributed by atoms with Gasteiger partial charge in [-0.25, -0.2) is 9.89 Å². The molecule has 1 aliphatic heterocycles. The van der Waals surface area contributed by atoms with Gasteiger partial charge in [-0.1, -0.05) is 23.9 Å². The Bertz CT molecular complexity index is 885. The molecule has 1 amide bonds. The molecule has 0 spiro atoms. The average molecular weight is 419 g/mol.